The molecule has 0 aromatic carbocycles. The van der Waals surface area contributed by atoms with E-state index >= 15 is 0 Å². The summed E-state index contributed by atoms with van der Waals surface area (Å²) < 4.78 is 4.85. The van der Waals surface area contributed by atoms with Gasteiger partial charge in [-0.15, -0.1) is 5.10 Å². The van der Waals surface area contributed by atoms with Crippen LogP contribution in [0.2, 0.25) is 0 Å². The molecular weight excluding hydrogens is 104 g/mol. The van der Waals surface area contributed by atoms with E-state index in [4.69, 9.17) is 4.74 Å². The first-order valence-corrected chi connectivity index (χ1v) is 2.44. The van der Waals surface area contributed by atoms with Gasteiger partial charge >= 0.3 is 0 Å². The second-order valence-corrected chi connectivity index (χ2v) is 1.31. The lowest BCUT2D eigenvalue weighted by atomic mass is 10.5. The summed E-state index contributed by atoms with van der Waals surface area (Å²) >= 11 is 0. The minimum Gasteiger partial charge on any atom is -0.439 e. The molecule has 3 nitrogen and oxygen atoms in total. The predicted molar refractivity (Wildman–Crippen MR) is 30.8 cm³/mol. The van der Waals surface area contributed by atoms with Crippen LogP contribution in [0.3, 0.4) is 0 Å². The summed E-state index contributed by atoms with van der Waals surface area (Å²) in [6.07, 6.45) is 2.17. The molecule has 0 radical (unpaired) electrons. The first kappa shape index (κ1) is 5.06. The molecule has 0 spiro atoms. The van der Waals surface area contributed by atoms with Gasteiger partial charge in [-0.05, 0) is 0 Å². The summed E-state index contributed by atoms with van der Waals surface area (Å²) in [7, 11) is 0. The lowest BCUT2D eigenvalue weighted by Crippen LogP contribution is -1.98. The molecule has 0 bridgehead atoms. The Balaban J connectivity index is 2.63. The average molecular weight is 110 g/mol. The highest BCUT2D eigenvalue weighted by Gasteiger charge is 1.93. The quantitative estimate of drug-likeness (QED) is 0.494. The van der Waals surface area contributed by atoms with Crippen LogP contribution in [-0.4, -0.2) is 11.8 Å². The molecule has 0 aromatic heterocycles. The van der Waals surface area contributed by atoms with Gasteiger partial charge in [0.05, 0.1) is 0 Å². The van der Waals surface area contributed by atoms with E-state index in [1.54, 1.807) is 0 Å². The molecule has 1 aliphatic heterocycles. The van der Waals surface area contributed by atoms with E-state index in [1.807, 2.05) is 6.92 Å². The molecule has 1 aliphatic rings. The van der Waals surface area contributed by atoms with Gasteiger partial charge in [-0.3, -0.25) is 0 Å². The van der Waals surface area contributed by atoms with Gasteiger partial charge in [0.25, 0.3) is 0 Å². The Kier molecular flexibility index (Phi) is 1.45. The number of ether oxygens (including phenoxy) is 1. The molecule has 3 heteroatoms. The Morgan fingerprint density at radius 3 is 3.12 bits per heavy atom. The molecule has 0 unspecified atom stereocenters. The molecule has 0 amide bonds. The van der Waals surface area contributed by atoms with Crippen LogP contribution < -0.4 is 0 Å². The Morgan fingerprint density at radius 1 is 1.88 bits per heavy atom. The third-order valence-electron chi connectivity index (χ3n) is 0.769. The lowest BCUT2D eigenvalue weighted by Gasteiger charge is -1.97. The molecule has 1 rings (SSSR count). The Bertz CT molecular complexity index is 165. The minimum atomic E-state index is 0.642. The fourth-order valence-electron chi connectivity index (χ4n) is 0.380. The van der Waals surface area contributed by atoms with Crippen molar-refractivity contribution in [2.24, 2.45) is 10.2 Å². The van der Waals surface area contributed by atoms with Crippen LogP contribution in [0.15, 0.2) is 16.5 Å². The Labute approximate surface area is 47.4 Å². The molecule has 0 fully saturated rings. The Hall–Kier alpha value is -1.08. The van der Waals surface area contributed by atoms with Crippen LogP contribution in [0.1, 0.15) is 13.3 Å². The van der Waals surface area contributed by atoms with Crippen LogP contribution in [0, 0.1) is 0 Å². The zero-order valence-electron chi connectivity index (χ0n) is 4.59. The van der Waals surface area contributed by atoms with Gasteiger partial charge in [-0.1, -0.05) is 12.0 Å². The molecule has 0 aromatic rings. The van der Waals surface area contributed by atoms with Crippen LogP contribution in [0.4, 0.5) is 0 Å². The summed E-state index contributed by atoms with van der Waals surface area (Å²) in [5, 5.41) is 7.11. The molecule has 0 N–H and O–H groups in total. The highest BCUT2D eigenvalue weighted by molar-refractivity contribution is 5.78. The number of rotatable bonds is 1. The van der Waals surface area contributed by atoms with Crippen molar-refractivity contribution in [2.45, 2.75) is 13.3 Å². The highest BCUT2D eigenvalue weighted by atomic mass is 16.5. The topological polar surface area (TPSA) is 34.0 Å². The summed E-state index contributed by atoms with van der Waals surface area (Å²) in [6.45, 7) is 1.95. The van der Waals surface area contributed by atoms with Crippen molar-refractivity contribution in [1.82, 2.24) is 0 Å². The molecule has 42 valence electrons. The summed E-state index contributed by atoms with van der Waals surface area (Å²) in [4.78, 5) is 0. The van der Waals surface area contributed by atoms with Crippen molar-refractivity contribution in [1.29, 1.82) is 0 Å². The molecule has 1 heterocycles. The molecule has 8 heavy (non-hydrogen) atoms. The standard InChI is InChI=1S/C5H6N2O/c1-2-5-7-6-3-4-8-5/h4H,2H2,1H3. The van der Waals surface area contributed by atoms with Gasteiger partial charge in [0.15, 0.2) is 6.26 Å². The fourth-order valence-corrected chi connectivity index (χ4v) is 0.380. The van der Waals surface area contributed by atoms with Gasteiger partial charge in [0, 0.05) is 12.3 Å². The monoisotopic (exact) mass is 110 g/mol. The summed E-state index contributed by atoms with van der Waals surface area (Å²) in [5.41, 5.74) is 0. The van der Waals surface area contributed by atoms with Crippen molar-refractivity contribution in [3.05, 3.63) is 6.26 Å². The van der Waals surface area contributed by atoms with Crippen molar-refractivity contribution in [2.75, 3.05) is 0 Å². The smallest absolute Gasteiger partial charge is 0.215 e. The SMILES string of the molecule is CCC1=NN=C=CO1. The predicted octanol–water partition coefficient (Wildman–Crippen LogP) is 0.923. The minimum absolute atomic E-state index is 0.642. The van der Waals surface area contributed by atoms with Crippen LogP contribution in [0.25, 0.3) is 0 Å². The third kappa shape index (κ3) is 0.950. The largest absolute Gasteiger partial charge is 0.439 e. The summed E-state index contributed by atoms with van der Waals surface area (Å²) in [5.74, 6) is 3.08. The van der Waals surface area contributed by atoms with Gasteiger partial charge in [-0.2, -0.15) is 0 Å². The maximum atomic E-state index is 4.85. The fraction of sp³-hybridized carbons (Fsp3) is 0.400. The molecule has 0 atom stereocenters. The van der Waals surface area contributed by atoms with E-state index in [0.29, 0.717) is 5.90 Å². The number of hydrogen-bond acceptors (Lipinski definition) is 3. The van der Waals surface area contributed by atoms with Crippen molar-refractivity contribution < 1.29 is 4.74 Å². The third-order valence-corrected chi connectivity index (χ3v) is 0.769. The maximum absolute atomic E-state index is 4.85. The van der Waals surface area contributed by atoms with Crippen LogP contribution >= 0.6 is 0 Å². The Morgan fingerprint density at radius 2 is 2.75 bits per heavy atom. The maximum Gasteiger partial charge on any atom is 0.215 e. The van der Waals surface area contributed by atoms with Gasteiger partial charge in [-0.25, -0.2) is 0 Å². The highest BCUT2D eigenvalue weighted by Crippen LogP contribution is 1.92. The van der Waals surface area contributed by atoms with Crippen molar-refractivity contribution >= 4 is 11.8 Å². The van der Waals surface area contributed by atoms with Gasteiger partial charge in [0.1, 0.15) is 0 Å². The second kappa shape index (κ2) is 2.28. The van der Waals surface area contributed by atoms with Gasteiger partial charge < -0.3 is 4.74 Å². The number of hydrogen-bond donors (Lipinski definition) is 0. The molecule has 0 aliphatic carbocycles. The molecule has 0 saturated heterocycles. The van der Waals surface area contributed by atoms with Crippen LogP contribution in [-0.2, 0) is 4.74 Å². The molecular formula is C5H6N2O. The summed E-state index contributed by atoms with van der Waals surface area (Å²) in [6, 6.07) is 0. The van der Waals surface area contributed by atoms with E-state index in [-0.39, 0.29) is 0 Å². The van der Waals surface area contributed by atoms with Crippen LogP contribution in [0.5, 0.6) is 0 Å². The second-order valence-electron chi connectivity index (χ2n) is 1.31. The van der Waals surface area contributed by atoms with Gasteiger partial charge in [0.2, 0.25) is 5.90 Å². The zero-order valence-corrected chi connectivity index (χ0v) is 4.59. The first-order valence-electron chi connectivity index (χ1n) is 2.44. The zero-order chi connectivity index (χ0) is 5.82. The number of nitrogens with zero attached hydrogens (tertiary/aromatic N) is 2. The van der Waals surface area contributed by atoms with E-state index in [9.17, 15) is 0 Å². The average Bonchev–Trinajstić information content (AvgIpc) is 1.90. The van der Waals surface area contributed by atoms with E-state index in [2.05, 4.69) is 16.1 Å². The first-order chi connectivity index (χ1) is 3.93. The van der Waals surface area contributed by atoms with E-state index in [0.717, 1.165) is 6.42 Å². The molecule has 0 saturated carbocycles. The van der Waals surface area contributed by atoms with E-state index < -0.39 is 0 Å². The van der Waals surface area contributed by atoms with E-state index in [1.165, 1.54) is 6.26 Å². The van der Waals surface area contributed by atoms with Crippen molar-refractivity contribution in [3.63, 3.8) is 0 Å². The lowest BCUT2D eigenvalue weighted by molar-refractivity contribution is 0.458. The normalized spacial score (nSPS) is 15.4. The van der Waals surface area contributed by atoms with Crippen molar-refractivity contribution in [3.8, 4) is 0 Å².